The highest BCUT2D eigenvalue weighted by atomic mass is 16.8. The fraction of sp³-hybridized carbons (Fsp3) is 0.542. The molecule has 0 aromatic heterocycles. The SMILES string of the molecule is CCCOC(=O)ON1CC2(CC2)CC(C(=O)NO)C1C(=O)N1CC=C(c2ccccc2)CC1. The van der Waals surface area contributed by atoms with E-state index >= 15 is 0 Å². The summed E-state index contributed by atoms with van der Waals surface area (Å²) in [5.74, 6) is -1.78. The average Bonchev–Trinajstić information content (AvgIpc) is 3.60. The molecule has 33 heavy (non-hydrogen) atoms. The second kappa shape index (κ2) is 9.93. The van der Waals surface area contributed by atoms with E-state index in [0.717, 1.165) is 18.4 Å². The van der Waals surface area contributed by atoms with Gasteiger partial charge in [-0.3, -0.25) is 14.8 Å². The first-order valence-electron chi connectivity index (χ1n) is 11.5. The maximum Gasteiger partial charge on any atom is 0.527 e. The van der Waals surface area contributed by atoms with Crippen LogP contribution < -0.4 is 5.48 Å². The molecule has 2 unspecified atom stereocenters. The number of hydroxylamine groups is 3. The van der Waals surface area contributed by atoms with E-state index in [9.17, 15) is 19.6 Å². The number of nitrogens with zero attached hydrogens (tertiary/aromatic N) is 2. The van der Waals surface area contributed by atoms with E-state index in [-0.39, 0.29) is 17.9 Å². The maximum atomic E-state index is 13.6. The third-order valence-electron chi connectivity index (χ3n) is 6.77. The molecule has 3 aliphatic rings. The van der Waals surface area contributed by atoms with Crippen LogP contribution in [0.5, 0.6) is 0 Å². The van der Waals surface area contributed by atoms with E-state index in [2.05, 4.69) is 0 Å². The van der Waals surface area contributed by atoms with Gasteiger partial charge in [0.25, 0.3) is 0 Å². The summed E-state index contributed by atoms with van der Waals surface area (Å²) in [6.45, 7) is 3.32. The van der Waals surface area contributed by atoms with E-state index in [1.54, 1.807) is 10.4 Å². The number of benzene rings is 1. The summed E-state index contributed by atoms with van der Waals surface area (Å²) in [6.07, 6.45) is 4.66. The van der Waals surface area contributed by atoms with E-state index in [4.69, 9.17) is 9.57 Å². The predicted octanol–water partition coefficient (Wildman–Crippen LogP) is 2.76. The van der Waals surface area contributed by atoms with Crippen molar-refractivity contribution < 1.29 is 29.2 Å². The molecule has 4 rings (SSSR count). The van der Waals surface area contributed by atoms with Crippen LogP contribution in [0.1, 0.15) is 44.6 Å². The van der Waals surface area contributed by atoms with Crippen LogP contribution in [0.25, 0.3) is 5.57 Å². The van der Waals surface area contributed by atoms with Gasteiger partial charge in [0.15, 0.2) is 0 Å². The number of piperidine rings is 1. The van der Waals surface area contributed by atoms with Crippen LogP contribution in [0.2, 0.25) is 0 Å². The van der Waals surface area contributed by atoms with Gasteiger partial charge in [-0.05, 0) is 48.7 Å². The maximum absolute atomic E-state index is 13.6. The molecule has 1 aliphatic carbocycles. The fourth-order valence-corrected chi connectivity index (χ4v) is 4.79. The number of amides is 2. The Morgan fingerprint density at radius 2 is 1.97 bits per heavy atom. The summed E-state index contributed by atoms with van der Waals surface area (Å²) in [7, 11) is 0. The van der Waals surface area contributed by atoms with Crippen molar-refractivity contribution in [3.8, 4) is 0 Å². The van der Waals surface area contributed by atoms with E-state index < -0.39 is 24.0 Å². The third kappa shape index (κ3) is 5.20. The Kier molecular flexibility index (Phi) is 6.99. The van der Waals surface area contributed by atoms with Crippen molar-refractivity contribution in [2.45, 2.75) is 45.1 Å². The highest BCUT2D eigenvalue weighted by molar-refractivity contribution is 5.90. The van der Waals surface area contributed by atoms with Crippen molar-refractivity contribution in [3.05, 3.63) is 42.0 Å². The molecule has 9 heteroatoms. The average molecular weight is 458 g/mol. The van der Waals surface area contributed by atoms with Gasteiger partial charge in [-0.2, -0.15) is 0 Å². The number of carbonyl (C=O) groups is 3. The van der Waals surface area contributed by atoms with Crippen LogP contribution in [0.4, 0.5) is 4.79 Å². The van der Waals surface area contributed by atoms with E-state index in [1.165, 1.54) is 10.6 Å². The molecule has 2 fully saturated rings. The molecule has 0 radical (unpaired) electrons. The lowest BCUT2D eigenvalue weighted by Gasteiger charge is -2.43. The Labute approximate surface area is 193 Å². The first-order valence-corrected chi connectivity index (χ1v) is 11.5. The third-order valence-corrected chi connectivity index (χ3v) is 6.77. The Hall–Kier alpha value is -2.91. The highest BCUT2D eigenvalue weighted by Crippen LogP contribution is 2.55. The second-order valence-corrected chi connectivity index (χ2v) is 9.13. The summed E-state index contributed by atoms with van der Waals surface area (Å²) in [6, 6.07) is 8.98. The van der Waals surface area contributed by atoms with Gasteiger partial charge in [-0.1, -0.05) is 43.3 Å². The summed E-state index contributed by atoms with van der Waals surface area (Å²) >= 11 is 0. The Balaban J connectivity index is 1.54. The lowest BCUT2D eigenvalue weighted by Crippen LogP contribution is -2.61. The topological polar surface area (TPSA) is 108 Å². The van der Waals surface area contributed by atoms with Gasteiger partial charge in [-0.25, -0.2) is 10.3 Å². The first kappa shape index (κ1) is 23.3. The van der Waals surface area contributed by atoms with Crippen molar-refractivity contribution in [1.29, 1.82) is 0 Å². The van der Waals surface area contributed by atoms with E-state index in [1.807, 2.05) is 43.3 Å². The van der Waals surface area contributed by atoms with Crippen molar-refractivity contribution in [2.75, 3.05) is 26.2 Å². The minimum Gasteiger partial charge on any atom is -0.433 e. The van der Waals surface area contributed by atoms with Crippen molar-refractivity contribution >= 4 is 23.5 Å². The molecule has 2 N–H and O–H groups in total. The monoisotopic (exact) mass is 457 g/mol. The smallest absolute Gasteiger partial charge is 0.433 e. The molecular formula is C24H31N3O6. The number of hydrogen-bond acceptors (Lipinski definition) is 7. The molecule has 2 heterocycles. The van der Waals surface area contributed by atoms with E-state index in [0.29, 0.717) is 38.9 Å². The number of hydrogen-bond donors (Lipinski definition) is 2. The molecule has 1 aromatic carbocycles. The lowest BCUT2D eigenvalue weighted by molar-refractivity contribution is -0.204. The zero-order valence-corrected chi connectivity index (χ0v) is 18.9. The van der Waals surface area contributed by atoms with Gasteiger partial charge in [-0.15, -0.1) is 5.06 Å². The standard InChI is InChI=1S/C24H31N3O6/c1-2-14-32-23(30)33-27-16-24(10-11-24)15-19(21(28)25-31)20(27)22(29)26-12-8-18(9-13-26)17-6-4-3-5-7-17/h3-8,19-20,31H,2,9-16H2,1H3,(H,25,28). The Morgan fingerprint density at radius 3 is 2.58 bits per heavy atom. The van der Waals surface area contributed by atoms with Gasteiger partial charge < -0.3 is 14.5 Å². The van der Waals surface area contributed by atoms with Crippen molar-refractivity contribution in [1.82, 2.24) is 15.4 Å². The van der Waals surface area contributed by atoms with Gasteiger partial charge in [0.05, 0.1) is 12.5 Å². The van der Waals surface area contributed by atoms with Crippen LogP contribution >= 0.6 is 0 Å². The van der Waals surface area contributed by atoms with Crippen molar-refractivity contribution in [3.63, 3.8) is 0 Å². The fourth-order valence-electron chi connectivity index (χ4n) is 4.79. The molecule has 2 atom stereocenters. The van der Waals surface area contributed by atoms with Crippen LogP contribution in [0, 0.1) is 11.3 Å². The summed E-state index contributed by atoms with van der Waals surface area (Å²) in [5, 5.41) is 10.7. The van der Waals surface area contributed by atoms with Crippen LogP contribution in [0.3, 0.4) is 0 Å². The summed E-state index contributed by atoms with van der Waals surface area (Å²) in [5.41, 5.74) is 3.80. The Bertz CT molecular complexity index is 914. The Morgan fingerprint density at radius 1 is 1.21 bits per heavy atom. The second-order valence-electron chi connectivity index (χ2n) is 9.13. The number of rotatable bonds is 6. The minimum atomic E-state index is -1.02. The molecule has 1 saturated heterocycles. The molecule has 1 saturated carbocycles. The number of nitrogens with one attached hydrogen (secondary N) is 1. The van der Waals surface area contributed by atoms with Gasteiger partial charge in [0.2, 0.25) is 11.8 Å². The normalized spacial score (nSPS) is 24.1. The zero-order valence-electron chi connectivity index (χ0n) is 18.9. The largest absolute Gasteiger partial charge is 0.527 e. The quantitative estimate of drug-likeness (QED) is 0.384. The molecule has 2 aliphatic heterocycles. The number of carbonyl (C=O) groups excluding carboxylic acids is 3. The molecule has 178 valence electrons. The molecule has 1 spiro atoms. The zero-order chi connectivity index (χ0) is 23.4. The summed E-state index contributed by atoms with van der Waals surface area (Å²) in [4.78, 5) is 45.6. The molecule has 1 aromatic rings. The minimum absolute atomic E-state index is 0.193. The highest BCUT2D eigenvalue weighted by Gasteiger charge is 2.57. The van der Waals surface area contributed by atoms with Gasteiger partial charge in [0, 0.05) is 19.6 Å². The van der Waals surface area contributed by atoms with Crippen LogP contribution in [-0.2, 0) is 19.2 Å². The number of ether oxygens (including phenoxy) is 1. The molecule has 2 amide bonds. The van der Waals surface area contributed by atoms with Crippen molar-refractivity contribution in [2.24, 2.45) is 11.3 Å². The summed E-state index contributed by atoms with van der Waals surface area (Å²) < 4.78 is 5.05. The molecule has 9 nitrogen and oxygen atoms in total. The van der Waals surface area contributed by atoms with Gasteiger partial charge >= 0.3 is 6.16 Å². The lowest BCUT2D eigenvalue weighted by atomic mass is 9.80. The van der Waals surface area contributed by atoms with Gasteiger partial charge in [0.1, 0.15) is 6.04 Å². The van der Waals surface area contributed by atoms with Crippen LogP contribution in [-0.4, -0.2) is 65.4 Å². The molecule has 0 bridgehead atoms. The predicted molar refractivity (Wildman–Crippen MR) is 119 cm³/mol. The van der Waals surface area contributed by atoms with Crippen LogP contribution in [0.15, 0.2) is 36.4 Å². The molecular weight excluding hydrogens is 426 g/mol. The first-order chi connectivity index (χ1) is 16.0.